The molecule has 0 spiro atoms. The summed E-state index contributed by atoms with van der Waals surface area (Å²) >= 11 is 0. The van der Waals surface area contributed by atoms with Crippen molar-refractivity contribution in [2.24, 2.45) is 13.0 Å². The van der Waals surface area contributed by atoms with E-state index < -0.39 is 0 Å². The molecule has 20 heavy (non-hydrogen) atoms. The van der Waals surface area contributed by atoms with Crippen molar-refractivity contribution >= 4 is 0 Å². The van der Waals surface area contributed by atoms with E-state index >= 15 is 0 Å². The Labute approximate surface area is 125 Å². The summed E-state index contributed by atoms with van der Waals surface area (Å²) in [5.74, 6) is 0.818. The Bertz CT molecular complexity index is 370. The lowest BCUT2D eigenvalue weighted by molar-refractivity contribution is 0.347. The highest BCUT2D eigenvalue weighted by Gasteiger charge is 2.19. The van der Waals surface area contributed by atoms with Gasteiger partial charge in [0.05, 0.1) is 11.4 Å². The lowest BCUT2D eigenvalue weighted by Gasteiger charge is -2.23. The standard InChI is InChI=1S/C17H33N3/c1-6-10-11-14(7-2)12-16(18-9-4)17-13-15(8-3)19-20(17)5/h13-14,16,18H,6-12H2,1-5H3. The van der Waals surface area contributed by atoms with Gasteiger partial charge in [-0.15, -0.1) is 0 Å². The zero-order chi connectivity index (χ0) is 15.0. The van der Waals surface area contributed by atoms with E-state index in [1.54, 1.807) is 0 Å². The fraction of sp³-hybridized carbons (Fsp3) is 0.824. The molecule has 1 rings (SSSR count). The number of aryl methyl sites for hydroxylation is 2. The first-order valence-electron chi connectivity index (χ1n) is 8.42. The van der Waals surface area contributed by atoms with Crippen molar-refractivity contribution < 1.29 is 0 Å². The molecule has 0 aliphatic carbocycles. The third kappa shape index (κ3) is 4.93. The summed E-state index contributed by atoms with van der Waals surface area (Å²) in [6.07, 6.45) is 7.53. The number of hydrogen-bond acceptors (Lipinski definition) is 2. The second-order valence-corrected chi connectivity index (χ2v) is 5.80. The second-order valence-electron chi connectivity index (χ2n) is 5.80. The van der Waals surface area contributed by atoms with Crippen molar-refractivity contribution in [1.29, 1.82) is 0 Å². The van der Waals surface area contributed by atoms with Crippen LogP contribution in [0.2, 0.25) is 0 Å². The predicted molar refractivity (Wildman–Crippen MR) is 86.9 cm³/mol. The van der Waals surface area contributed by atoms with Gasteiger partial charge in [-0.05, 0) is 31.4 Å². The first-order chi connectivity index (χ1) is 9.65. The van der Waals surface area contributed by atoms with Gasteiger partial charge in [0.25, 0.3) is 0 Å². The predicted octanol–water partition coefficient (Wildman–Crippen LogP) is 4.24. The van der Waals surface area contributed by atoms with Crippen LogP contribution >= 0.6 is 0 Å². The molecule has 0 amide bonds. The van der Waals surface area contributed by atoms with Crippen molar-refractivity contribution in [3.05, 3.63) is 17.5 Å². The minimum absolute atomic E-state index is 0.444. The summed E-state index contributed by atoms with van der Waals surface area (Å²) in [7, 11) is 2.08. The molecule has 0 saturated carbocycles. The SMILES string of the molecule is CCCCC(CC)CC(NCC)c1cc(CC)nn1C. The average molecular weight is 279 g/mol. The van der Waals surface area contributed by atoms with Crippen LogP contribution in [0, 0.1) is 5.92 Å². The summed E-state index contributed by atoms with van der Waals surface area (Å²) < 4.78 is 2.07. The molecule has 2 unspecified atom stereocenters. The van der Waals surface area contributed by atoms with Crippen LogP contribution in [0.25, 0.3) is 0 Å². The van der Waals surface area contributed by atoms with Gasteiger partial charge in [0.15, 0.2) is 0 Å². The largest absolute Gasteiger partial charge is 0.309 e. The van der Waals surface area contributed by atoms with Gasteiger partial charge in [-0.2, -0.15) is 5.10 Å². The molecule has 116 valence electrons. The Kier molecular flexibility index (Phi) is 7.90. The fourth-order valence-corrected chi connectivity index (χ4v) is 2.91. The first-order valence-corrected chi connectivity index (χ1v) is 8.42. The molecule has 0 fully saturated rings. The van der Waals surface area contributed by atoms with Gasteiger partial charge in [0.1, 0.15) is 0 Å². The van der Waals surface area contributed by atoms with Gasteiger partial charge in [0.2, 0.25) is 0 Å². The van der Waals surface area contributed by atoms with Crippen molar-refractivity contribution in [2.45, 2.75) is 72.3 Å². The minimum Gasteiger partial charge on any atom is -0.309 e. The van der Waals surface area contributed by atoms with Gasteiger partial charge in [-0.3, -0.25) is 4.68 Å². The van der Waals surface area contributed by atoms with E-state index in [2.05, 4.69) is 55.9 Å². The van der Waals surface area contributed by atoms with Crippen molar-refractivity contribution in [1.82, 2.24) is 15.1 Å². The highest BCUT2D eigenvalue weighted by atomic mass is 15.3. The molecule has 0 aliphatic heterocycles. The Hall–Kier alpha value is -0.830. The smallest absolute Gasteiger partial charge is 0.0625 e. The normalized spacial score (nSPS) is 14.4. The van der Waals surface area contributed by atoms with Crippen molar-refractivity contribution in [2.75, 3.05) is 6.54 Å². The molecule has 1 N–H and O–H groups in total. The quantitative estimate of drug-likeness (QED) is 0.694. The molecule has 3 nitrogen and oxygen atoms in total. The number of nitrogens with one attached hydrogen (secondary N) is 1. The Morgan fingerprint density at radius 3 is 2.50 bits per heavy atom. The first kappa shape index (κ1) is 17.2. The van der Waals surface area contributed by atoms with Crippen LogP contribution in [-0.4, -0.2) is 16.3 Å². The number of hydrogen-bond donors (Lipinski definition) is 1. The van der Waals surface area contributed by atoms with Crippen molar-refractivity contribution in [3.63, 3.8) is 0 Å². The fourth-order valence-electron chi connectivity index (χ4n) is 2.91. The molecule has 3 heteroatoms. The third-order valence-electron chi connectivity index (χ3n) is 4.25. The van der Waals surface area contributed by atoms with E-state index in [0.717, 1.165) is 18.9 Å². The van der Waals surface area contributed by atoms with E-state index in [1.807, 2.05) is 0 Å². The summed E-state index contributed by atoms with van der Waals surface area (Å²) in [4.78, 5) is 0. The number of unbranched alkanes of at least 4 members (excludes halogenated alkanes) is 1. The Morgan fingerprint density at radius 2 is 2.00 bits per heavy atom. The molecule has 2 atom stereocenters. The molecule has 0 saturated heterocycles. The highest BCUT2D eigenvalue weighted by molar-refractivity contribution is 5.14. The van der Waals surface area contributed by atoms with Gasteiger partial charge in [-0.1, -0.05) is 53.4 Å². The summed E-state index contributed by atoms with van der Waals surface area (Å²) in [6.45, 7) is 9.98. The Morgan fingerprint density at radius 1 is 1.25 bits per heavy atom. The Balaban J connectivity index is 2.78. The monoisotopic (exact) mass is 279 g/mol. The molecule has 0 aromatic carbocycles. The van der Waals surface area contributed by atoms with E-state index in [-0.39, 0.29) is 0 Å². The highest BCUT2D eigenvalue weighted by Crippen LogP contribution is 2.27. The molecule has 1 aromatic rings. The van der Waals surface area contributed by atoms with E-state index in [1.165, 1.54) is 43.5 Å². The van der Waals surface area contributed by atoms with Crippen LogP contribution in [0.5, 0.6) is 0 Å². The zero-order valence-electron chi connectivity index (χ0n) is 14.1. The summed E-state index contributed by atoms with van der Waals surface area (Å²) in [6, 6.07) is 2.72. The molecule has 0 aliphatic rings. The lowest BCUT2D eigenvalue weighted by Crippen LogP contribution is -2.25. The topological polar surface area (TPSA) is 29.9 Å². The molecule has 1 heterocycles. The van der Waals surface area contributed by atoms with E-state index in [9.17, 15) is 0 Å². The third-order valence-corrected chi connectivity index (χ3v) is 4.25. The average Bonchev–Trinajstić information content (AvgIpc) is 2.83. The van der Waals surface area contributed by atoms with E-state index in [0.29, 0.717) is 6.04 Å². The maximum Gasteiger partial charge on any atom is 0.0625 e. The van der Waals surface area contributed by atoms with E-state index in [4.69, 9.17) is 0 Å². The van der Waals surface area contributed by atoms with Crippen LogP contribution in [-0.2, 0) is 13.5 Å². The molecule has 0 radical (unpaired) electrons. The number of rotatable bonds is 10. The molecule has 1 aromatic heterocycles. The van der Waals surface area contributed by atoms with Crippen LogP contribution in [0.15, 0.2) is 6.07 Å². The van der Waals surface area contributed by atoms with Crippen LogP contribution in [0.4, 0.5) is 0 Å². The lowest BCUT2D eigenvalue weighted by atomic mass is 9.90. The molecule has 0 bridgehead atoms. The maximum atomic E-state index is 4.60. The van der Waals surface area contributed by atoms with Crippen LogP contribution in [0.3, 0.4) is 0 Å². The molecular weight excluding hydrogens is 246 g/mol. The van der Waals surface area contributed by atoms with Gasteiger partial charge < -0.3 is 5.32 Å². The minimum atomic E-state index is 0.444. The van der Waals surface area contributed by atoms with Gasteiger partial charge in [-0.25, -0.2) is 0 Å². The van der Waals surface area contributed by atoms with Gasteiger partial charge in [0, 0.05) is 13.1 Å². The van der Waals surface area contributed by atoms with Crippen molar-refractivity contribution in [3.8, 4) is 0 Å². The number of nitrogens with zero attached hydrogens (tertiary/aromatic N) is 2. The number of aromatic nitrogens is 2. The van der Waals surface area contributed by atoms with Crippen LogP contribution in [0.1, 0.15) is 77.2 Å². The summed E-state index contributed by atoms with van der Waals surface area (Å²) in [5, 5.41) is 8.26. The van der Waals surface area contributed by atoms with Gasteiger partial charge >= 0.3 is 0 Å². The zero-order valence-corrected chi connectivity index (χ0v) is 14.1. The second kappa shape index (κ2) is 9.17. The van der Waals surface area contributed by atoms with Crippen LogP contribution < -0.4 is 5.32 Å². The summed E-state index contributed by atoms with van der Waals surface area (Å²) in [5.41, 5.74) is 2.55. The molecular formula is C17H33N3. The maximum absolute atomic E-state index is 4.60.